The van der Waals surface area contributed by atoms with Crippen molar-refractivity contribution in [3.63, 3.8) is 0 Å². The smallest absolute Gasteiger partial charge is 0.187 e. The van der Waals surface area contributed by atoms with Crippen molar-refractivity contribution in [3.8, 4) is 16.9 Å². The topological polar surface area (TPSA) is 43.4 Å². The first-order valence-corrected chi connectivity index (χ1v) is 6.98. The predicted molar refractivity (Wildman–Crippen MR) is 85.0 cm³/mol. The third-order valence-electron chi connectivity index (χ3n) is 4.09. The summed E-state index contributed by atoms with van der Waals surface area (Å²) in [7, 11) is 1.60. The van der Waals surface area contributed by atoms with Gasteiger partial charge in [-0.1, -0.05) is 18.2 Å². The lowest BCUT2D eigenvalue weighted by atomic mass is 9.87. The average Bonchev–Trinajstić information content (AvgIpc) is 2.54. The molecule has 0 atom stereocenters. The van der Waals surface area contributed by atoms with Crippen LogP contribution >= 0.6 is 0 Å². The Hall–Kier alpha value is -2.94. The SMILES string of the molecule is COc1ccc2c(c1)-c1ccc3c(c1=CC2=O)=CC(=O)C=C3. The normalized spacial score (nSPS) is 14.4. The van der Waals surface area contributed by atoms with Gasteiger partial charge in [-0.25, -0.2) is 0 Å². The molecule has 3 heteroatoms. The maximum absolute atomic E-state index is 12.4. The van der Waals surface area contributed by atoms with E-state index in [4.69, 9.17) is 4.74 Å². The summed E-state index contributed by atoms with van der Waals surface area (Å²) in [5, 5.41) is 1.62. The molecule has 0 amide bonds. The van der Waals surface area contributed by atoms with Gasteiger partial charge in [-0.3, -0.25) is 9.59 Å². The Kier molecular flexibility index (Phi) is 2.63. The van der Waals surface area contributed by atoms with Gasteiger partial charge >= 0.3 is 0 Å². The second kappa shape index (κ2) is 4.53. The minimum Gasteiger partial charge on any atom is -0.497 e. The molecule has 0 saturated carbocycles. The molecule has 3 nitrogen and oxygen atoms in total. The van der Waals surface area contributed by atoms with Crippen LogP contribution in [-0.4, -0.2) is 18.7 Å². The van der Waals surface area contributed by atoms with Gasteiger partial charge in [-0.05, 0) is 63.6 Å². The van der Waals surface area contributed by atoms with Crippen molar-refractivity contribution in [2.75, 3.05) is 7.11 Å². The van der Waals surface area contributed by atoms with Crippen molar-refractivity contribution in [2.45, 2.75) is 0 Å². The monoisotopic (exact) mass is 288 g/mol. The van der Waals surface area contributed by atoms with E-state index in [0.29, 0.717) is 11.3 Å². The van der Waals surface area contributed by atoms with Crippen LogP contribution in [-0.2, 0) is 4.79 Å². The lowest BCUT2D eigenvalue weighted by molar-refractivity contribution is -0.109. The number of rotatable bonds is 1. The second-order valence-electron chi connectivity index (χ2n) is 5.33. The van der Waals surface area contributed by atoms with Crippen molar-refractivity contribution < 1.29 is 14.3 Å². The van der Waals surface area contributed by atoms with E-state index in [9.17, 15) is 9.59 Å². The molecule has 0 fully saturated rings. The van der Waals surface area contributed by atoms with E-state index in [2.05, 4.69) is 0 Å². The van der Waals surface area contributed by atoms with Crippen LogP contribution in [0.1, 0.15) is 15.9 Å². The summed E-state index contributed by atoms with van der Waals surface area (Å²) in [6.45, 7) is 0. The maximum Gasteiger partial charge on any atom is 0.187 e. The van der Waals surface area contributed by atoms with E-state index in [1.807, 2.05) is 18.2 Å². The van der Waals surface area contributed by atoms with Crippen molar-refractivity contribution in [3.05, 3.63) is 58.0 Å². The number of ketones is 2. The standard InChI is InChI=1S/C19H12O3/c1-22-13-5-7-15-17(9-13)14-6-3-11-2-4-12(20)8-16(11)18(14)10-19(15)21/h2-10H,1H3. The highest BCUT2D eigenvalue weighted by atomic mass is 16.5. The van der Waals surface area contributed by atoms with E-state index in [-0.39, 0.29) is 11.6 Å². The number of Topliss-reactive ketones (excluding diaryl/α,β-unsaturated/α-hetero) is 1. The number of allylic oxidation sites excluding steroid dienone is 1. The molecule has 106 valence electrons. The third kappa shape index (κ3) is 1.76. The minimum atomic E-state index is -0.0572. The highest BCUT2D eigenvalue weighted by molar-refractivity contribution is 6.23. The first-order chi connectivity index (χ1) is 10.7. The largest absolute Gasteiger partial charge is 0.497 e. The highest BCUT2D eigenvalue weighted by Gasteiger charge is 2.19. The summed E-state index contributed by atoms with van der Waals surface area (Å²) in [6, 6.07) is 9.40. The molecule has 2 aliphatic rings. The van der Waals surface area contributed by atoms with Gasteiger partial charge in [-0.15, -0.1) is 0 Å². The van der Waals surface area contributed by atoms with Gasteiger partial charge in [-0.2, -0.15) is 0 Å². The molecule has 0 heterocycles. The fourth-order valence-corrected chi connectivity index (χ4v) is 3.01. The number of carbonyl (C=O) groups is 2. The first-order valence-electron chi connectivity index (χ1n) is 6.98. The predicted octanol–water partition coefficient (Wildman–Crippen LogP) is 1.72. The lowest BCUT2D eigenvalue weighted by Gasteiger charge is -2.16. The van der Waals surface area contributed by atoms with Crippen LogP contribution in [0.5, 0.6) is 5.75 Å². The van der Waals surface area contributed by atoms with Crippen molar-refractivity contribution in [1.29, 1.82) is 0 Å². The number of benzene rings is 2. The summed E-state index contributed by atoms with van der Waals surface area (Å²) in [5.74, 6) is 0.601. The molecule has 0 aromatic heterocycles. The van der Waals surface area contributed by atoms with Crippen LogP contribution in [0, 0.1) is 0 Å². The number of methoxy groups -OCH3 is 1. The van der Waals surface area contributed by atoms with E-state index in [1.165, 1.54) is 6.08 Å². The van der Waals surface area contributed by atoms with Crippen LogP contribution in [0.4, 0.5) is 0 Å². The molecular weight excluding hydrogens is 276 g/mol. The Balaban J connectivity index is 2.12. The molecule has 4 rings (SSSR count). The van der Waals surface area contributed by atoms with Crippen molar-refractivity contribution in [2.24, 2.45) is 0 Å². The minimum absolute atomic E-state index is 0.0473. The fraction of sp³-hybridized carbons (Fsp3) is 0.0526. The summed E-state index contributed by atoms with van der Waals surface area (Å²) in [4.78, 5) is 24.1. The van der Waals surface area contributed by atoms with Gasteiger partial charge in [0.2, 0.25) is 0 Å². The van der Waals surface area contributed by atoms with Crippen molar-refractivity contribution >= 4 is 29.8 Å². The molecule has 0 radical (unpaired) electrons. The van der Waals surface area contributed by atoms with Gasteiger partial charge in [0.25, 0.3) is 0 Å². The Bertz CT molecular complexity index is 994. The molecule has 0 N–H and O–H groups in total. The van der Waals surface area contributed by atoms with Crippen LogP contribution in [0.25, 0.3) is 29.4 Å². The van der Waals surface area contributed by atoms with E-state index in [1.54, 1.807) is 37.5 Å². The highest BCUT2D eigenvalue weighted by Crippen LogP contribution is 2.28. The van der Waals surface area contributed by atoms with Gasteiger partial charge in [0.1, 0.15) is 5.75 Å². The molecule has 0 saturated heterocycles. The Labute approximate surface area is 126 Å². The number of fused-ring (bicyclic) bond motifs is 5. The second-order valence-corrected chi connectivity index (χ2v) is 5.33. The molecule has 0 aliphatic heterocycles. The number of hydrogen-bond donors (Lipinski definition) is 0. The zero-order chi connectivity index (χ0) is 15.3. The lowest BCUT2D eigenvalue weighted by Crippen LogP contribution is -2.34. The fourth-order valence-electron chi connectivity index (χ4n) is 3.01. The van der Waals surface area contributed by atoms with Crippen molar-refractivity contribution in [1.82, 2.24) is 0 Å². The van der Waals surface area contributed by atoms with Crippen LogP contribution in [0.2, 0.25) is 0 Å². The van der Waals surface area contributed by atoms with Gasteiger partial charge < -0.3 is 4.74 Å². The molecule has 0 spiro atoms. The van der Waals surface area contributed by atoms with Crippen LogP contribution in [0.15, 0.2) is 36.4 Å². The summed E-state index contributed by atoms with van der Waals surface area (Å²) < 4.78 is 5.27. The summed E-state index contributed by atoms with van der Waals surface area (Å²) in [5.41, 5.74) is 3.41. The number of ether oxygens (including phenoxy) is 1. The number of carbonyl (C=O) groups excluding carboxylic acids is 2. The third-order valence-corrected chi connectivity index (χ3v) is 4.09. The quantitative estimate of drug-likeness (QED) is 0.802. The van der Waals surface area contributed by atoms with Gasteiger partial charge in [0.15, 0.2) is 11.6 Å². The number of hydrogen-bond acceptors (Lipinski definition) is 3. The Morgan fingerprint density at radius 3 is 2.45 bits per heavy atom. The Morgan fingerprint density at radius 1 is 0.818 bits per heavy atom. The van der Waals surface area contributed by atoms with Crippen LogP contribution in [0.3, 0.4) is 0 Å². The summed E-state index contributed by atoms with van der Waals surface area (Å²) >= 11 is 0. The molecule has 2 aliphatic carbocycles. The van der Waals surface area contributed by atoms with Gasteiger partial charge in [0.05, 0.1) is 7.11 Å². The van der Waals surface area contributed by atoms with Gasteiger partial charge in [0, 0.05) is 5.56 Å². The zero-order valence-corrected chi connectivity index (χ0v) is 11.9. The molecule has 0 unspecified atom stereocenters. The van der Waals surface area contributed by atoms with E-state index >= 15 is 0 Å². The molecule has 22 heavy (non-hydrogen) atoms. The zero-order valence-electron chi connectivity index (χ0n) is 11.9. The average molecular weight is 288 g/mol. The molecular formula is C19H12O3. The summed E-state index contributed by atoms with van der Waals surface area (Å²) in [6.07, 6.45) is 6.53. The molecule has 2 aromatic rings. The molecule has 0 bridgehead atoms. The maximum atomic E-state index is 12.4. The van der Waals surface area contributed by atoms with E-state index < -0.39 is 0 Å². The van der Waals surface area contributed by atoms with E-state index in [0.717, 1.165) is 27.1 Å². The Morgan fingerprint density at radius 2 is 1.64 bits per heavy atom. The first kappa shape index (κ1) is 12.8. The van der Waals surface area contributed by atoms with Crippen LogP contribution < -0.4 is 15.2 Å². The molecule has 2 aromatic carbocycles.